The number of hydrogen-bond acceptors (Lipinski definition) is 7. The van der Waals surface area contributed by atoms with Crippen molar-refractivity contribution in [3.63, 3.8) is 0 Å². The lowest BCUT2D eigenvalue weighted by Gasteiger charge is -2.37. The van der Waals surface area contributed by atoms with E-state index >= 15 is 4.39 Å². The van der Waals surface area contributed by atoms with Crippen LogP contribution in [-0.4, -0.2) is 55.3 Å². The van der Waals surface area contributed by atoms with E-state index in [2.05, 4.69) is 25.0 Å². The number of anilines is 1. The Labute approximate surface area is 224 Å². The zero-order valence-electron chi connectivity index (χ0n) is 21.3. The molecule has 2 aliphatic rings. The Morgan fingerprint density at radius 1 is 1.00 bits per heavy atom. The Bertz CT molecular complexity index is 1590. The molecule has 1 saturated carbocycles. The van der Waals surface area contributed by atoms with Gasteiger partial charge in [-0.05, 0) is 44.9 Å². The third-order valence-electron chi connectivity index (χ3n) is 7.09. The molecule has 6 rings (SSSR count). The van der Waals surface area contributed by atoms with Crippen LogP contribution in [-0.2, 0) is 10.9 Å². The first-order chi connectivity index (χ1) is 19.0. The molecular formula is C26H23F6N7O. The maximum atomic E-state index is 15.1. The average Bonchev–Trinajstić information content (AvgIpc) is 3.64. The summed E-state index contributed by atoms with van der Waals surface area (Å²) >= 11 is 0. The zero-order valence-corrected chi connectivity index (χ0v) is 21.3. The fourth-order valence-corrected chi connectivity index (χ4v) is 4.65. The van der Waals surface area contributed by atoms with Crippen molar-refractivity contribution in [1.29, 1.82) is 0 Å². The van der Waals surface area contributed by atoms with Crippen molar-refractivity contribution in [3.05, 3.63) is 58.9 Å². The Morgan fingerprint density at radius 3 is 2.42 bits per heavy atom. The van der Waals surface area contributed by atoms with Crippen LogP contribution >= 0.6 is 0 Å². The minimum Gasteiger partial charge on any atom is -0.361 e. The summed E-state index contributed by atoms with van der Waals surface area (Å²) in [7, 11) is 0. The maximum absolute atomic E-state index is 15.1. The molecule has 1 aromatic carbocycles. The number of aromatic nitrogens is 6. The lowest BCUT2D eigenvalue weighted by atomic mass is 10.1. The molecule has 1 aliphatic carbocycles. The highest BCUT2D eigenvalue weighted by Crippen LogP contribution is 2.38. The Morgan fingerprint density at radius 2 is 1.75 bits per heavy atom. The first-order valence-corrected chi connectivity index (χ1v) is 12.6. The molecule has 4 aromatic rings. The van der Waals surface area contributed by atoms with Crippen LogP contribution in [0.1, 0.15) is 47.5 Å². The first kappa shape index (κ1) is 26.4. The molecule has 1 saturated heterocycles. The summed E-state index contributed by atoms with van der Waals surface area (Å²) in [5, 5.41) is 4.33. The number of aryl methyl sites for hydroxylation is 2. The molecule has 4 heterocycles. The van der Waals surface area contributed by atoms with Gasteiger partial charge in [0.25, 0.3) is 6.43 Å². The third kappa shape index (κ3) is 4.95. The molecule has 40 heavy (non-hydrogen) atoms. The van der Waals surface area contributed by atoms with E-state index in [0.717, 1.165) is 25.0 Å². The zero-order chi connectivity index (χ0) is 28.3. The molecule has 0 N–H and O–H groups in total. The second-order valence-electron chi connectivity index (χ2n) is 10.0. The summed E-state index contributed by atoms with van der Waals surface area (Å²) in [4.78, 5) is 19.3. The fourth-order valence-electron chi connectivity index (χ4n) is 4.65. The van der Waals surface area contributed by atoms with Crippen molar-refractivity contribution in [3.8, 4) is 11.3 Å². The van der Waals surface area contributed by atoms with Gasteiger partial charge in [-0.15, -0.1) is 0 Å². The SMILES string of the molecule is Cc1nc2nc(N3CC(c4cnn(C5CC5)c4)OC(C(F)F)C3)nc(-c3ccc(C(F)(F)F)cc3F)c2nc1C. The van der Waals surface area contributed by atoms with Gasteiger partial charge < -0.3 is 9.64 Å². The summed E-state index contributed by atoms with van der Waals surface area (Å²) < 4.78 is 90.1. The summed E-state index contributed by atoms with van der Waals surface area (Å²) in [5.41, 5.74) is 0.256. The summed E-state index contributed by atoms with van der Waals surface area (Å²) in [6, 6.07) is 2.38. The molecule has 14 heteroatoms. The minimum atomic E-state index is -4.74. The highest BCUT2D eigenvalue weighted by atomic mass is 19.4. The second-order valence-corrected chi connectivity index (χ2v) is 10.0. The molecule has 2 unspecified atom stereocenters. The van der Waals surface area contributed by atoms with Crippen molar-refractivity contribution in [1.82, 2.24) is 29.7 Å². The van der Waals surface area contributed by atoms with Crippen LogP contribution in [0.15, 0.2) is 30.6 Å². The number of hydrogen-bond donors (Lipinski definition) is 0. The number of morpholine rings is 1. The van der Waals surface area contributed by atoms with Crippen LogP contribution in [0.2, 0.25) is 0 Å². The first-order valence-electron chi connectivity index (χ1n) is 12.6. The van der Waals surface area contributed by atoms with Crippen molar-refractivity contribution >= 4 is 17.1 Å². The van der Waals surface area contributed by atoms with Gasteiger partial charge >= 0.3 is 6.18 Å². The van der Waals surface area contributed by atoms with E-state index in [1.54, 1.807) is 30.9 Å². The summed E-state index contributed by atoms with van der Waals surface area (Å²) in [6.45, 7) is 3.17. The van der Waals surface area contributed by atoms with Crippen molar-refractivity contribution in [2.45, 2.75) is 57.5 Å². The number of nitrogens with zero attached hydrogens (tertiary/aromatic N) is 7. The number of rotatable bonds is 5. The molecule has 0 bridgehead atoms. The monoisotopic (exact) mass is 563 g/mol. The van der Waals surface area contributed by atoms with E-state index in [0.29, 0.717) is 23.0 Å². The average molecular weight is 564 g/mol. The van der Waals surface area contributed by atoms with E-state index in [1.807, 2.05) is 0 Å². The number of alkyl halides is 5. The van der Waals surface area contributed by atoms with Crippen LogP contribution < -0.4 is 4.90 Å². The predicted molar refractivity (Wildman–Crippen MR) is 131 cm³/mol. The Kier molecular flexibility index (Phi) is 6.39. The van der Waals surface area contributed by atoms with Gasteiger partial charge in [-0.2, -0.15) is 23.3 Å². The molecule has 8 nitrogen and oxygen atoms in total. The number of benzene rings is 1. The van der Waals surface area contributed by atoms with Gasteiger partial charge in [0.15, 0.2) is 5.65 Å². The minimum absolute atomic E-state index is 0.0483. The van der Waals surface area contributed by atoms with Gasteiger partial charge in [-0.25, -0.2) is 28.1 Å². The standard InChI is InChI=1S/C26H23F6N7O/c1-12-13(2)35-24-22(34-12)21(17-6-3-15(7-18(17)27)26(30,31)32)36-25(37-24)38-10-19(40-20(11-38)23(28)29)14-8-33-39(9-14)16-4-5-16/h3,6-9,16,19-20,23H,4-5,10-11H2,1-2H3. The summed E-state index contributed by atoms with van der Waals surface area (Å²) in [6.07, 6.45) is -4.49. The highest BCUT2D eigenvalue weighted by molar-refractivity contribution is 5.88. The van der Waals surface area contributed by atoms with Crippen LogP contribution in [0.3, 0.4) is 0 Å². The van der Waals surface area contributed by atoms with E-state index in [9.17, 15) is 22.0 Å². The van der Waals surface area contributed by atoms with Crippen molar-refractivity contribution < 1.29 is 31.1 Å². The molecule has 2 atom stereocenters. The van der Waals surface area contributed by atoms with Gasteiger partial charge in [0, 0.05) is 17.3 Å². The van der Waals surface area contributed by atoms with Crippen LogP contribution in [0, 0.1) is 19.7 Å². The van der Waals surface area contributed by atoms with Gasteiger partial charge in [0.2, 0.25) is 5.95 Å². The lowest BCUT2D eigenvalue weighted by Crippen LogP contribution is -2.47. The molecule has 2 fully saturated rings. The molecule has 0 amide bonds. The molecule has 0 radical (unpaired) electrons. The quantitative estimate of drug-likeness (QED) is 0.292. The predicted octanol–water partition coefficient (Wildman–Crippen LogP) is 5.60. The van der Waals surface area contributed by atoms with Gasteiger partial charge in [0.05, 0.1) is 42.3 Å². The maximum Gasteiger partial charge on any atom is 0.416 e. The molecular weight excluding hydrogens is 540 g/mol. The molecule has 0 spiro atoms. The van der Waals surface area contributed by atoms with Gasteiger partial charge in [-0.3, -0.25) is 4.68 Å². The van der Waals surface area contributed by atoms with E-state index in [-0.39, 0.29) is 47.5 Å². The highest BCUT2D eigenvalue weighted by Gasteiger charge is 2.37. The smallest absolute Gasteiger partial charge is 0.361 e. The van der Waals surface area contributed by atoms with E-state index in [1.165, 1.54) is 4.90 Å². The van der Waals surface area contributed by atoms with E-state index in [4.69, 9.17) is 4.74 Å². The topological polar surface area (TPSA) is 81.9 Å². The van der Waals surface area contributed by atoms with Gasteiger partial charge in [0.1, 0.15) is 29.2 Å². The lowest BCUT2D eigenvalue weighted by molar-refractivity contribution is -0.137. The number of ether oxygens (including phenoxy) is 1. The van der Waals surface area contributed by atoms with Crippen LogP contribution in [0.4, 0.5) is 32.3 Å². The van der Waals surface area contributed by atoms with Gasteiger partial charge in [-0.1, -0.05) is 0 Å². The Hall–Kier alpha value is -3.81. The van der Waals surface area contributed by atoms with Crippen molar-refractivity contribution in [2.24, 2.45) is 0 Å². The largest absolute Gasteiger partial charge is 0.416 e. The normalized spacial score (nSPS) is 20.1. The fraction of sp³-hybridized carbons (Fsp3) is 0.423. The number of fused-ring (bicyclic) bond motifs is 1. The molecule has 3 aromatic heterocycles. The van der Waals surface area contributed by atoms with Crippen LogP contribution in [0.5, 0.6) is 0 Å². The third-order valence-corrected chi connectivity index (χ3v) is 7.09. The number of halogens is 6. The molecule has 210 valence electrons. The van der Waals surface area contributed by atoms with Crippen molar-refractivity contribution in [2.75, 3.05) is 18.0 Å². The summed E-state index contributed by atoms with van der Waals surface area (Å²) in [5.74, 6) is -1.22. The molecule has 1 aliphatic heterocycles. The van der Waals surface area contributed by atoms with Crippen LogP contribution in [0.25, 0.3) is 22.4 Å². The Balaban J connectivity index is 1.45. The second kappa shape index (κ2) is 9.68. The van der Waals surface area contributed by atoms with E-state index < -0.39 is 36.2 Å².